The van der Waals surface area contributed by atoms with Gasteiger partial charge >= 0.3 is 0 Å². The summed E-state index contributed by atoms with van der Waals surface area (Å²) in [5, 5.41) is 3.38. The topological polar surface area (TPSA) is 47.0 Å². The number of hydrogen-bond acceptors (Lipinski definition) is 4. The van der Waals surface area contributed by atoms with Gasteiger partial charge in [-0.1, -0.05) is 0 Å². The molecule has 1 aliphatic rings. The summed E-state index contributed by atoms with van der Waals surface area (Å²) in [6.45, 7) is 0. The molecule has 0 aromatic carbocycles. The van der Waals surface area contributed by atoms with Gasteiger partial charge in [0.1, 0.15) is 16.7 Å². The van der Waals surface area contributed by atoms with Gasteiger partial charge in [0.15, 0.2) is 0 Å². The van der Waals surface area contributed by atoms with Crippen LogP contribution in [0.1, 0.15) is 19.3 Å². The fourth-order valence-corrected chi connectivity index (χ4v) is 2.28. The van der Waals surface area contributed by atoms with Crippen LogP contribution in [-0.2, 0) is 4.74 Å². The van der Waals surface area contributed by atoms with Crippen LogP contribution in [0.15, 0.2) is 17.0 Å². The second kappa shape index (κ2) is 4.90. The Labute approximate surface area is 97.6 Å². The minimum absolute atomic E-state index is 0.304. The molecular formula is C10H14BrN3O. The Morgan fingerprint density at radius 3 is 3.07 bits per heavy atom. The first-order valence-corrected chi connectivity index (χ1v) is 5.86. The number of ether oxygens (including phenoxy) is 1. The molecule has 0 spiro atoms. The summed E-state index contributed by atoms with van der Waals surface area (Å²) < 4.78 is 6.21. The summed E-state index contributed by atoms with van der Waals surface area (Å²) in [6, 6.07) is 2.25. The number of anilines is 1. The smallest absolute Gasteiger partial charge is 0.130 e. The van der Waals surface area contributed by atoms with E-state index >= 15 is 0 Å². The Morgan fingerprint density at radius 1 is 1.47 bits per heavy atom. The van der Waals surface area contributed by atoms with E-state index in [1.54, 1.807) is 13.4 Å². The number of methoxy groups -OCH3 is 1. The first-order valence-electron chi connectivity index (χ1n) is 5.06. The van der Waals surface area contributed by atoms with Gasteiger partial charge in [0, 0.05) is 13.2 Å². The first kappa shape index (κ1) is 10.8. The van der Waals surface area contributed by atoms with Crippen molar-refractivity contribution in [1.29, 1.82) is 0 Å². The molecule has 4 nitrogen and oxygen atoms in total. The van der Waals surface area contributed by atoms with E-state index in [9.17, 15) is 0 Å². The minimum atomic E-state index is 0.304. The summed E-state index contributed by atoms with van der Waals surface area (Å²) >= 11 is 3.32. The maximum absolute atomic E-state index is 5.41. The van der Waals surface area contributed by atoms with Crippen LogP contribution >= 0.6 is 15.9 Å². The van der Waals surface area contributed by atoms with Crippen LogP contribution in [0.25, 0.3) is 0 Å². The van der Waals surface area contributed by atoms with E-state index in [0.29, 0.717) is 12.1 Å². The van der Waals surface area contributed by atoms with E-state index in [0.717, 1.165) is 23.3 Å². The number of rotatable bonds is 3. The van der Waals surface area contributed by atoms with Gasteiger partial charge in [0.2, 0.25) is 0 Å². The Morgan fingerprint density at radius 2 is 2.33 bits per heavy atom. The third-order valence-corrected chi connectivity index (χ3v) is 3.16. The Bertz CT molecular complexity index is 334. The molecule has 0 aliphatic heterocycles. The van der Waals surface area contributed by atoms with Gasteiger partial charge in [-0.3, -0.25) is 0 Å². The van der Waals surface area contributed by atoms with Crippen LogP contribution in [0.5, 0.6) is 0 Å². The monoisotopic (exact) mass is 271 g/mol. The number of aromatic nitrogens is 2. The van der Waals surface area contributed by atoms with E-state index in [-0.39, 0.29) is 0 Å². The second-order valence-corrected chi connectivity index (χ2v) is 4.49. The molecule has 0 amide bonds. The lowest BCUT2D eigenvalue weighted by molar-refractivity contribution is 0.101. The Kier molecular flexibility index (Phi) is 3.53. The molecular weight excluding hydrogens is 258 g/mol. The van der Waals surface area contributed by atoms with Gasteiger partial charge in [-0.25, -0.2) is 9.97 Å². The molecule has 0 saturated heterocycles. The van der Waals surface area contributed by atoms with Crippen molar-refractivity contribution >= 4 is 21.7 Å². The van der Waals surface area contributed by atoms with Gasteiger partial charge in [0.25, 0.3) is 0 Å². The molecule has 0 bridgehead atoms. The van der Waals surface area contributed by atoms with Crippen molar-refractivity contribution in [2.75, 3.05) is 12.4 Å². The van der Waals surface area contributed by atoms with Crippen molar-refractivity contribution in [1.82, 2.24) is 9.97 Å². The summed E-state index contributed by atoms with van der Waals surface area (Å²) in [6.07, 6.45) is 5.32. The molecule has 5 heteroatoms. The van der Waals surface area contributed by atoms with E-state index in [1.807, 2.05) is 6.07 Å². The highest BCUT2D eigenvalue weighted by Gasteiger charge is 2.27. The molecule has 0 radical (unpaired) electrons. The maximum atomic E-state index is 5.41. The highest BCUT2D eigenvalue weighted by atomic mass is 79.9. The third kappa shape index (κ3) is 2.66. The zero-order valence-corrected chi connectivity index (χ0v) is 10.2. The lowest BCUT2D eigenvalue weighted by atomic mass is 10.2. The van der Waals surface area contributed by atoms with Crippen molar-refractivity contribution < 1.29 is 4.74 Å². The summed E-state index contributed by atoms with van der Waals surface area (Å²) in [4.78, 5) is 8.15. The zero-order valence-electron chi connectivity index (χ0n) is 8.61. The van der Waals surface area contributed by atoms with Crippen molar-refractivity contribution in [3.8, 4) is 0 Å². The first-order chi connectivity index (χ1) is 7.29. The molecule has 1 N–H and O–H groups in total. The molecule has 1 aliphatic carbocycles. The van der Waals surface area contributed by atoms with E-state index in [1.165, 1.54) is 6.42 Å². The second-order valence-electron chi connectivity index (χ2n) is 3.68. The van der Waals surface area contributed by atoms with Crippen LogP contribution < -0.4 is 5.32 Å². The number of nitrogens with one attached hydrogen (secondary N) is 1. The fourth-order valence-electron chi connectivity index (χ4n) is 1.98. The molecule has 1 saturated carbocycles. The van der Waals surface area contributed by atoms with Crippen LogP contribution in [0.2, 0.25) is 0 Å². The normalized spacial score (nSPS) is 25.5. The molecule has 1 heterocycles. The maximum Gasteiger partial charge on any atom is 0.130 e. The van der Waals surface area contributed by atoms with Crippen LogP contribution in [-0.4, -0.2) is 29.2 Å². The third-order valence-electron chi connectivity index (χ3n) is 2.72. The van der Waals surface area contributed by atoms with Gasteiger partial charge in [0.05, 0.1) is 12.1 Å². The average molecular weight is 272 g/mol. The highest BCUT2D eigenvalue weighted by Crippen LogP contribution is 2.24. The van der Waals surface area contributed by atoms with Crippen molar-refractivity contribution in [2.45, 2.75) is 31.4 Å². The molecule has 15 heavy (non-hydrogen) atoms. The van der Waals surface area contributed by atoms with E-state index in [4.69, 9.17) is 4.74 Å². The molecule has 1 aromatic rings. The predicted octanol–water partition coefficient (Wildman–Crippen LogP) is 2.22. The van der Waals surface area contributed by atoms with Gasteiger partial charge < -0.3 is 10.1 Å². The summed E-state index contributed by atoms with van der Waals surface area (Å²) in [5.74, 6) is 0.853. The zero-order chi connectivity index (χ0) is 10.7. The largest absolute Gasteiger partial charge is 0.379 e. The molecule has 1 fully saturated rings. The lowest BCUT2D eigenvalue weighted by Gasteiger charge is -2.19. The van der Waals surface area contributed by atoms with Gasteiger partial charge in [-0.05, 0) is 35.2 Å². The van der Waals surface area contributed by atoms with Crippen molar-refractivity contribution in [2.24, 2.45) is 0 Å². The molecule has 2 unspecified atom stereocenters. The van der Waals surface area contributed by atoms with E-state index in [2.05, 4.69) is 31.2 Å². The molecule has 2 atom stereocenters. The molecule has 82 valence electrons. The average Bonchev–Trinajstić information content (AvgIpc) is 2.65. The van der Waals surface area contributed by atoms with Crippen LogP contribution in [0, 0.1) is 0 Å². The van der Waals surface area contributed by atoms with Crippen molar-refractivity contribution in [3.63, 3.8) is 0 Å². The van der Waals surface area contributed by atoms with Gasteiger partial charge in [-0.15, -0.1) is 0 Å². The minimum Gasteiger partial charge on any atom is -0.379 e. The standard InChI is InChI=1S/C10H14BrN3O/c1-15-8-4-2-3-7(8)14-10-5-9(11)12-6-13-10/h5-8H,2-4H2,1H3,(H,12,13,14). The van der Waals surface area contributed by atoms with Crippen LogP contribution in [0.4, 0.5) is 5.82 Å². The number of halogens is 1. The predicted molar refractivity (Wildman–Crippen MR) is 61.8 cm³/mol. The molecule has 2 rings (SSSR count). The summed E-state index contributed by atoms with van der Waals surface area (Å²) in [5.41, 5.74) is 0. The SMILES string of the molecule is COC1CCCC1Nc1cc(Br)ncn1. The van der Waals surface area contributed by atoms with Crippen molar-refractivity contribution in [3.05, 3.63) is 17.0 Å². The number of nitrogens with zero attached hydrogens (tertiary/aromatic N) is 2. The van der Waals surface area contributed by atoms with Crippen LogP contribution in [0.3, 0.4) is 0 Å². The Balaban J connectivity index is 2.02. The lowest BCUT2D eigenvalue weighted by Crippen LogP contribution is -2.30. The number of hydrogen-bond donors (Lipinski definition) is 1. The fraction of sp³-hybridized carbons (Fsp3) is 0.600. The highest BCUT2D eigenvalue weighted by molar-refractivity contribution is 9.10. The summed E-state index contributed by atoms with van der Waals surface area (Å²) in [7, 11) is 1.76. The Hall–Kier alpha value is -0.680. The van der Waals surface area contributed by atoms with Gasteiger partial charge in [-0.2, -0.15) is 0 Å². The quantitative estimate of drug-likeness (QED) is 0.857. The van der Waals surface area contributed by atoms with E-state index < -0.39 is 0 Å². The molecule has 1 aromatic heterocycles.